The first kappa shape index (κ1) is 16.5. The van der Waals surface area contributed by atoms with Gasteiger partial charge in [0.25, 0.3) is 0 Å². The predicted molar refractivity (Wildman–Crippen MR) is 86.0 cm³/mol. The molecule has 0 spiro atoms. The summed E-state index contributed by atoms with van der Waals surface area (Å²) in [4.78, 5) is 2.47. The molecule has 0 radical (unpaired) electrons. The SMILES string of the molecule is Nc1cc(Cl)ccc1S(=O)(=O)NCCCN1CCCCC1. The fraction of sp³-hybridized carbons (Fsp3) is 0.571. The molecule has 0 bridgehead atoms. The second-order valence-corrected chi connectivity index (χ2v) is 7.51. The maximum atomic E-state index is 12.2. The fourth-order valence-corrected chi connectivity index (χ4v) is 3.90. The Morgan fingerprint density at radius 3 is 2.62 bits per heavy atom. The van der Waals surface area contributed by atoms with E-state index in [1.807, 2.05) is 0 Å². The van der Waals surface area contributed by atoms with E-state index >= 15 is 0 Å². The number of hydrogen-bond acceptors (Lipinski definition) is 4. The first-order valence-corrected chi connectivity index (χ1v) is 9.12. The van der Waals surface area contributed by atoms with Crippen LogP contribution in [0.5, 0.6) is 0 Å². The van der Waals surface area contributed by atoms with Gasteiger partial charge in [0.2, 0.25) is 10.0 Å². The zero-order valence-corrected chi connectivity index (χ0v) is 13.6. The number of sulfonamides is 1. The first-order valence-electron chi connectivity index (χ1n) is 7.26. The van der Waals surface area contributed by atoms with Crippen LogP contribution in [-0.2, 0) is 10.0 Å². The van der Waals surface area contributed by atoms with E-state index in [1.54, 1.807) is 0 Å². The van der Waals surface area contributed by atoms with E-state index < -0.39 is 10.0 Å². The lowest BCUT2D eigenvalue weighted by Gasteiger charge is -2.26. The minimum Gasteiger partial charge on any atom is -0.398 e. The minimum absolute atomic E-state index is 0.0878. The van der Waals surface area contributed by atoms with E-state index in [9.17, 15) is 8.42 Å². The number of benzene rings is 1. The predicted octanol–water partition coefficient (Wildman–Crippen LogP) is 2.08. The second kappa shape index (κ2) is 7.45. The lowest BCUT2D eigenvalue weighted by atomic mass is 10.1. The molecular formula is C14H22ClN3O2S. The van der Waals surface area contributed by atoms with Crippen molar-refractivity contribution < 1.29 is 8.42 Å². The maximum absolute atomic E-state index is 12.2. The van der Waals surface area contributed by atoms with Gasteiger partial charge in [0.15, 0.2) is 0 Å². The number of likely N-dealkylation sites (tertiary alicyclic amines) is 1. The highest BCUT2D eigenvalue weighted by Gasteiger charge is 2.17. The highest BCUT2D eigenvalue weighted by molar-refractivity contribution is 7.89. The van der Waals surface area contributed by atoms with Gasteiger partial charge < -0.3 is 10.6 Å². The summed E-state index contributed by atoms with van der Waals surface area (Å²) < 4.78 is 26.9. The molecule has 1 fully saturated rings. The third-order valence-electron chi connectivity index (χ3n) is 3.65. The average molecular weight is 332 g/mol. The van der Waals surface area contributed by atoms with Gasteiger partial charge in [-0.1, -0.05) is 18.0 Å². The summed E-state index contributed by atoms with van der Waals surface area (Å²) in [5.74, 6) is 0. The summed E-state index contributed by atoms with van der Waals surface area (Å²) in [6.45, 7) is 3.59. The van der Waals surface area contributed by atoms with Crippen molar-refractivity contribution >= 4 is 27.3 Å². The molecule has 21 heavy (non-hydrogen) atoms. The zero-order chi connectivity index (χ0) is 15.3. The van der Waals surface area contributed by atoms with E-state index in [0.29, 0.717) is 11.6 Å². The van der Waals surface area contributed by atoms with Crippen LogP contribution in [0.15, 0.2) is 23.1 Å². The van der Waals surface area contributed by atoms with Gasteiger partial charge in [-0.25, -0.2) is 13.1 Å². The van der Waals surface area contributed by atoms with Crippen molar-refractivity contribution in [1.82, 2.24) is 9.62 Å². The van der Waals surface area contributed by atoms with Gasteiger partial charge in [0, 0.05) is 11.6 Å². The molecule has 5 nitrogen and oxygen atoms in total. The Labute approximate surface area is 131 Å². The number of hydrogen-bond donors (Lipinski definition) is 2. The third-order valence-corrected chi connectivity index (χ3v) is 5.42. The number of piperidine rings is 1. The number of anilines is 1. The van der Waals surface area contributed by atoms with Crippen LogP contribution < -0.4 is 10.5 Å². The standard InChI is InChI=1S/C14H22ClN3O2S/c15-12-5-6-14(13(16)11-12)21(19,20)17-7-4-10-18-8-2-1-3-9-18/h5-6,11,17H,1-4,7-10,16H2. The van der Waals surface area contributed by atoms with Gasteiger partial charge in [0.1, 0.15) is 4.90 Å². The highest BCUT2D eigenvalue weighted by Crippen LogP contribution is 2.22. The Balaban J connectivity index is 1.83. The van der Waals surface area contributed by atoms with Gasteiger partial charge >= 0.3 is 0 Å². The number of nitrogen functional groups attached to an aromatic ring is 1. The van der Waals surface area contributed by atoms with Crippen LogP contribution in [-0.4, -0.2) is 39.5 Å². The third kappa shape index (κ3) is 4.85. The van der Waals surface area contributed by atoms with E-state index in [4.69, 9.17) is 17.3 Å². The summed E-state index contributed by atoms with van der Waals surface area (Å²) in [5.41, 5.74) is 5.89. The van der Waals surface area contributed by atoms with Crippen molar-refractivity contribution in [1.29, 1.82) is 0 Å². The largest absolute Gasteiger partial charge is 0.398 e. The molecule has 118 valence electrons. The molecule has 1 aromatic carbocycles. The van der Waals surface area contributed by atoms with E-state index in [0.717, 1.165) is 26.1 Å². The molecule has 3 N–H and O–H groups in total. The second-order valence-electron chi connectivity index (χ2n) is 5.34. The van der Waals surface area contributed by atoms with E-state index in [2.05, 4.69) is 9.62 Å². The molecule has 1 aliphatic heterocycles. The molecule has 0 saturated carbocycles. The van der Waals surface area contributed by atoms with E-state index in [-0.39, 0.29) is 10.6 Å². The molecule has 0 aliphatic carbocycles. The van der Waals surface area contributed by atoms with Crippen LogP contribution in [0.3, 0.4) is 0 Å². The van der Waals surface area contributed by atoms with Gasteiger partial charge in [-0.05, 0) is 57.1 Å². The smallest absolute Gasteiger partial charge is 0.242 e. The highest BCUT2D eigenvalue weighted by atomic mass is 35.5. The maximum Gasteiger partial charge on any atom is 0.242 e. The topological polar surface area (TPSA) is 75.4 Å². The molecule has 0 aromatic heterocycles. The van der Waals surface area contributed by atoms with Crippen LogP contribution in [0.1, 0.15) is 25.7 Å². The van der Waals surface area contributed by atoms with Crippen molar-refractivity contribution in [2.45, 2.75) is 30.6 Å². The van der Waals surface area contributed by atoms with Crippen molar-refractivity contribution in [2.24, 2.45) is 0 Å². The number of nitrogens with zero attached hydrogens (tertiary/aromatic N) is 1. The van der Waals surface area contributed by atoms with Crippen LogP contribution in [0.2, 0.25) is 5.02 Å². The Hall–Kier alpha value is -0.820. The number of halogens is 1. The molecule has 1 saturated heterocycles. The summed E-state index contributed by atoms with van der Waals surface area (Å²) in [7, 11) is -3.56. The monoisotopic (exact) mass is 331 g/mol. The van der Waals surface area contributed by atoms with E-state index in [1.165, 1.54) is 37.5 Å². The number of nitrogens with two attached hydrogens (primary N) is 1. The quantitative estimate of drug-likeness (QED) is 0.618. The summed E-state index contributed by atoms with van der Waals surface area (Å²) in [6.07, 6.45) is 4.59. The molecule has 0 atom stereocenters. The summed E-state index contributed by atoms with van der Waals surface area (Å²) >= 11 is 5.78. The Kier molecular flexibility index (Phi) is 5.87. The molecule has 0 amide bonds. The lowest BCUT2D eigenvalue weighted by molar-refractivity contribution is 0.227. The number of rotatable bonds is 6. The zero-order valence-electron chi connectivity index (χ0n) is 12.0. The van der Waals surface area contributed by atoms with Crippen LogP contribution in [0.4, 0.5) is 5.69 Å². The Morgan fingerprint density at radius 2 is 1.95 bits per heavy atom. The van der Waals surface area contributed by atoms with Crippen molar-refractivity contribution in [3.05, 3.63) is 23.2 Å². The summed E-state index contributed by atoms with van der Waals surface area (Å²) in [5, 5.41) is 0.427. The van der Waals surface area contributed by atoms with Crippen molar-refractivity contribution in [3.8, 4) is 0 Å². The van der Waals surface area contributed by atoms with Crippen LogP contribution in [0.25, 0.3) is 0 Å². The molecular weight excluding hydrogens is 310 g/mol. The normalized spacial score (nSPS) is 17.0. The molecule has 0 unspecified atom stereocenters. The summed E-state index contributed by atoms with van der Waals surface area (Å²) in [6, 6.07) is 4.41. The van der Waals surface area contributed by atoms with Crippen LogP contribution >= 0.6 is 11.6 Å². The average Bonchev–Trinajstić information content (AvgIpc) is 2.44. The molecule has 1 aromatic rings. The Bertz CT molecular complexity index is 572. The minimum atomic E-state index is -3.56. The first-order chi connectivity index (χ1) is 9.99. The number of nitrogens with one attached hydrogen (secondary N) is 1. The van der Waals surface area contributed by atoms with Crippen LogP contribution in [0, 0.1) is 0 Å². The van der Waals surface area contributed by atoms with Crippen molar-refractivity contribution in [2.75, 3.05) is 31.9 Å². The molecule has 1 aliphatic rings. The van der Waals surface area contributed by atoms with Gasteiger partial charge in [0.05, 0.1) is 5.69 Å². The fourth-order valence-electron chi connectivity index (χ4n) is 2.53. The molecule has 7 heteroatoms. The Morgan fingerprint density at radius 1 is 1.24 bits per heavy atom. The van der Waals surface area contributed by atoms with Gasteiger partial charge in [-0.3, -0.25) is 0 Å². The van der Waals surface area contributed by atoms with Gasteiger partial charge in [-0.15, -0.1) is 0 Å². The molecule has 2 rings (SSSR count). The van der Waals surface area contributed by atoms with Gasteiger partial charge in [-0.2, -0.15) is 0 Å². The van der Waals surface area contributed by atoms with Crippen molar-refractivity contribution in [3.63, 3.8) is 0 Å². The molecule has 1 heterocycles. The lowest BCUT2D eigenvalue weighted by Crippen LogP contribution is -2.33.